The molecule has 3 aromatic heterocycles. The zero-order valence-corrected chi connectivity index (χ0v) is 21.5. The van der Waals surface area contributed by atoms with Crippen LogP contribution in [-0.4, -0.2) is 67.1 Å². The number of carbonyl (C=O) groups is 2. The largest absolute Gasteiger partial charge is 0.368 e. The Bertz CT molecular complexity index is 1180. The summed E-state index contributed by atoms with van der Waals surface area (Å²) in [5, 5.41) is 7.38. The summed E-state index contributed by atoms with van der Waals surface area (Å²) in [6, 6.07) is 5.67. The minimum absolute atomic E-state index is 0.0381. The Labute approximate surface area is 209 Å². The van der Waals surface area contributed by atoms with Crippen molar-refractivity contribution in [1.82, 2.24) is 29.5 Å². The SMILES string of the molecule is Cc1nc(CN2CC(OCc3ccccn3)CN(C(=O)CCc3c(C)nn(C)c3C)CC2=O)cs1. The molecular formula is C25H32N6O3S. The zero-order chi connectivity index (χ0) is 24.9. The maximum atomic E-state index is 13.2. The van der Waals surface area contributed by atoms with Gasteiger partial charge in [0.2, 0.25) is 11.8 Å². The van der Waals surface area contributed by atoms with Crippen LogP contribution in [0, 0.1) is 20.8 Å². The predicted octanol–water partition coefficient (Wildman–Crippen LogP) is 2.59. The molecule has 35 heavy (non-hydrogen) atoms. The molecule has 1 saturated heterocycles. The third-order valence-corrected chi connectivity index (χ3v) is 7.16. The van der Waals surface area contributed by atoms with E-state index >= 15 is 0 Å². The van der Waals surface area contributed by atoms with Gasteiger partial charge >= 0.3 is 0 Å². The van der Waals surface area contributed by atoms with Crippen LogP contribution in [0.25, 0.3) is 0 Å². The monoisotopic (exact) mass is 496 g/mol. The zero-order valence-electron chi connectivity index (χ0n) is 20.7. The first-order valence-corrected chi connectivity index (χ1v) is 12.6. The Morgan fingerprint density at radius 1 is 1.20 bits per heavy atom. The topological polar surface area (TPSA) is 93.4 Å². The van der Waals surface area contributed by atoms with E-state index < -0.39 is 0 Å². The lowest BCUT2D eigenvalue weighted by Gasteiger charge is -2.24. The van der Waals surface area contributed by atoms with E-state index in [0.717, 1.165) is 33.3 Å². The number of carbonyl (C=O) groups excluding carboxylic acids is 2. The molecule has 1 aliphatic heterocycles. The average Bonchev–Trinajstić information content (AvgIpc) is 3.30. The van der Waals surface area contributed by atoms with E-state index in [1.54, 1.807) is 27.3 Å². The Balaban J connectivity index is 1.46. The molecular weight excluding hydrogens is 464 g/mol. The highest BCUT2D eigenvalue weighted by molar-refractivity contribution is 7.09. The smallest absolute Gasteiger partial charge is 0.242 e. The van der Waals surface area contributed by atoms with Gasteiger partial charge in [-0.05, 0) is 44.9 Å². The molecule has 0 aromatic carbocycles. The van der Waals surface area contributed by atoms with Gasteiger partial charge in [0.05, 0.1) is 47.9 Å². The lowest BCUT2D eigenvalue weighted by atomic mass is 10.1. The summed E-state index contributed by atoms with van der Waals surface area (Å²) in [6.45, 7) is 7.43. The second-order valence-electron chi connectivity index (χ2n) is 8.93. The van der Waals surface area contributed by atoms with Gasteiger partial charge in [0.25, 0.3) is 0 Å². The molecule has 1 aliphatic rings. The van der Waals surface area contributed by atoms with Crippen molar-refractivity contribution in [3.05, 3.63) is 63.1 Å². The maximum absolute atomic E-state index is 13.2. The van der Waals surface area contributed by atoms with Crippen molar-refractivity contribution in [2.45, 2.75) is 52.9 Å². The molecule has 0 aliphatic carbocycles. The first-order chi connectivity index (χ1) is 16.8. The van der Waals surface area contributed by atoms with Crippen LogP contribution in [0.2, 0.25) is 0 Å². The second-order valence-corrected chi connectivity index (χ2v) is 10.00. The van der Waals surface area contributed by atoms with Crippen LogP contribution in [0.4, 0.5) is 0 Å². The van der Waals surface area contributed by atoms with Gasteiger partial charge in [-0.15, -0.1) is 11.3 Å². The van der Waals surface area contributed by atoms with Crippen molar-refractivity contribution in [3.63, 3.8) is 0 Å². The molecule has 1 fully saturated rings. The molecule has 1 unspecified atom stereocenters. The Morgan fingerprint density at radius 2 is 2.03 bits per heavy atom. The van der Waals surface area contributed by atoms with Crippen molar-refractivity contribution in [2.75, 3.05) is 19.6 Å². The quantitative estimate of drug-likeness (QED) is 0.476. The molecule has 9 nitrogen and oxygen atoms in total. The molecule has 4 heterocycles. The summed E-state index contributed by atoms with van der Waals surface area (Å²) in [5.74, 6) is -0.152. The lowest BCUT2D eigenvalue weighted by molar-refractivity contribution is -0.139. The summed E-state index contributed by atoms with van der Waals surface area (Å²) >= 11 is 1.56. The van der Waals surface area contributed by atoms with Gasteiger partial charge in [0.1, 0.15) is 0 Å². The number of rotatable bonds is 8. The Kier molecular flexibility index (Phi) is 7.92. The Hall–Kier alpha value is -3.11. The van der Waals surface area contributed by atoms with Crippen molar-refractivity contribution >= 4 is 23.2 Å². The number of amides is 2. The molecule has 186 valence electrons. The number of pyridine rings is 1. The molecule has 2 amide bonds. The highest BCUT2D eigenvalue weighted by atomic mass is 32.1. The summed E-state index contributed by atoms with van der Waals surface area (Å²) in [6.07, 6.45) is 2.31. The molecule has 0 N–H and O–H groups in total. The number of hydrogen-bond donors (Lipinski definition) is 0. The number of nitrogens with zero attached hydrogens (tertiary/aromatic N) is 6. The van der Waals surface area contributed by atoms with E-state index in [1.807, 2.05) is 56.1 Å². The number of thiazole rings is 1. The van der Waals surface area contributed by atoms with E-state index in [1.165, 1.54) is 0 Å². The summed E-state index contributed by atoms with van der Waals surface area (Å²) in [7, 11) is 1.91. The normalized spacial score (nSPS) is 16.6. The Morgan fingerprint density at radius 3 is 2.69 bits per heavy atom. The van der Waals surface area contributed by atoms with Crippen LogP contribution in [0.1, 0.15) is 39.8 Å². The predicted molar refractivity (Wildman–Crippen MR) is 133 cm³/mol. The van der Waals surface area contributed by atoms with Crippen LogP contribution in [0.3, 0.4) is 0 Å². The minimum atomic E-state index is -0.325. The van der Waals surface area contributed by atoms with Crippen molar-refractivity contribution < 1.29 is 14.3 Å². The van der Waals surface area contributed by atoms with Crippen LogP contribution < -0.4 is 0 Å². The third kappa shape index (κ3) is 6.32. The maximum Gasteiger partial charge on any atom is 0.242 e. The average molecular weight is 497 g/mol. The third-order valence-electron chi connectivity index (χ3n) is 6.34. The van der Waals surface area contributed by atoms with Crippen molar-refractivity contribution in [2.24, 2.45) is 7.05 Å². The summed E-state index contributed by atoms with van der Waals surface area (Å²) < 4.78 is 8.01. The van der Waals surface area contributed by atoms with E-state index in [9.17, 15) is 9.59 Å². The van der Waals surface area contributed by atoms with Gasteiger partial charge in [-0.25, -0.2) is 4.98 Å². The first-order valence-electron chi connectivity index (χ1n) is 11.8. The molecule has 0 saturated carbocycles. The number of ether oxygens (including phenoxy) is 1. The van der Waals surface area contributed by atoms with Crippen LogP contribution in [-0.2, 0) is 40.9 Å². The van der Waals surface area contributed by atoms with E-state index in [4.69, 9.17) is 4.74 Å². The molecule has 3 aromatic rings. The van der Waals surface area contributed by atoms with Gasteiger partial charge in [0, 0.05) is 43.8 Å². The molecule has 10 heteroatoms. The van der Waals surface area contributed by atoms with E-state index in [2.05, 4.69) is 15.1 Å². The van der Waals surface area contributed by atoms with E-state index in [-0.39, 0.29) is 24.5 Å². The number of aryl methyl sites for hydroxylation is 3. The molecule has 0 spiro atoms. The highest BCUT2D eigenvalue weighted by Crippen LogP contribution is 2.18. The number of aromatic nitrogens is 4. The highest BCUT2D eigenvalue weighted by Gasteiger charge is 2.31. The molecule has 0 radical (unpaired) electrons. The van der Waals surface area contributed by atoms with Gasteiger partial charge in [-0.3, -0.25) is 19.3 Å². The summed E-state index contributed by atoms with van der Waals surface area (Å²) in [4.78, 5) is 38.6. The van der Waals surface area contributed by atoms with Crippen molar-refractivity contribution in [3.8, 4) is 0 Å². The van der Waals surface area contributed by atoms with Crippen molar-refractivity contribution in [1.29, 1.82) is 0 Å². The fraction of sp³-hybridized carbons (Fsp3) is 0.480. The fourth-order valence-corrected chi connectivity index (χ4v) is 4.96. The lowest BCUT2D eigenvalue weighted by Crippen LogP contribution is -2.39. The molecule has 4 rings (SSSR count). The standard InChI is InChI=1S/C25H32N6O3S/c1-17-23(18(2)29(4)28-17)8-9-24(32)31-13-22(34-15-20-7-5-6-10-26-20)12-30(25(33)14-31)11-21-16-35-19(3)27-21/h5-7,10,16,22H,8-9,11-15H2,1-4H3. The van der Waals surface area contributed by atoms with E-state index in [0.29, 0.717) is 39.1 Å². The molecule has 1 atom stereocenters. The van der Waals surface area contributed by atoms with Gasteiger partial charge in [0.15, 0.2) is 0 Å². The van der Waals surface area contributed by atoms with Crippen LogP contribution >= 0.6 is 11.3 Å². The van der Waals surface area contributed by atoms with Gasteiger partial charge < -0.3 is 14.5 Å². The first kappa shape index (κ1) is 25.0. The van der Waals surface area contributed by atoms with Crippen LogP contribution in [0.5, 0.6) is 0 Å². The second kappa shape index (κ2) is 11.1. The number of hydrogen-bond acceptors (Lipinski definition) is 7. The molecule has 0 bridgehead atoms. The van der Waals surface area contributed by atoms with Gasteiger partial charge in [-0.1, -0.05) is 6.07 Å². The fourth-order valence-electron chi connectivity index (χ4n) is 4.36. The van der Waals surface area contributed by atoms with Crippen LogP contribution in [0.15, 0.2) is 29.8 Å². The summed E-state index contributed by atoms with van der Waals surface area (Å²) in [5.41, 5.74) is 4.75. The minimum Gasteiger partial charge on any atom is -0.368 e. The van der Waals surface area contributed by atoms with Gasteiger partial charge in [-0.2, -0.15) is 5.10 Å².